The van der Waals surface area contributed by atoms with E-state index >= 15 is 0 Å². The lowest BCUT2D eigenvalue weighted by atomic mass is 9.93. The Kier molecular flexibility index (Phi) is 11.3. The van der Waals surface area contributed by atoms with Gasteiger partial charge in [-0.1, -0.05) is 13.8 Å². The third-order valence-electron chi connectivity index (χ3n) is 2.66. The summed E-state index contributed by atoms with van der Waals surface area (Å²) in [5.74, 6) is 0.477. The van der Waals surface area contributed by atoms with Gasteiger partial charge in [0.25, 0.3) is 0 Å². The Morgan fingerprint density at radius 3 is 2.52 bits per heavy atom. The third-order valence-corrected chi connectivity index (χ3v) is 3.13. The van der Waals surface area contributed by atoms with Crippen LogP contribution in [-0.2, 0) is 4.79 Å². The summed E-state index contributed by atoms with van der Waals surface area (Å²) in [6, 6.07) is 3.59. The smallest absolute Gasteiger partial charge is 0.239 e. The van der Waals surface area contributed by atoms with Gasteiger partial charge in [0.1, 0.15) is 5.82 Å². The van der Waals surface area contributed by atoms with E-state index in [-0.39, 0.29) is 36.1 Å². The van der Waals surface area contributed by atoms with Crippen molar-refractivity contribution in [3.63, 3.8) is 0 Å². The molecule has 0 saturated heterocycles. The van der Waals surface area contributed by atoms with Gasteiger partial charge in [-0.15, -0.1) is 24.8 Å². The first-order chi connectivity index (χ1) is 8.82. The van der Waals surface area contributed by atoms with Gasteiger partial charge in [-0.05, 0) is 47.1 Å². The second-order valence-corrected chi connectivity index (χ2v) is 6.37. The molecule has 0 aliphatic rings. The fourth-order valence-corrected chi connectivity index (χ4v) is 1.96. The van der Waals surface area contributed by atoms with Gasteiger partial charge in [0.05, 0.1) is 6.54 Å². The molecule has 0 atom stereocenters. The molecule has 122 valence electrons. The Hall–Kier alpha value is -0.400. The van der Waals surface area contributed by atoms with Crippen molar-refractivity contribution in [2.24, 2.45) is 11.1 Å². The topological polar surface area (TPSA) is 71.2 Å². The van der Waals surface area contributed by atoms with Crippen LogP contribution in [0.4, 0.5) is 5.82 Å². The molecule has 0 unspecified atom stereocenters. The van der Waals surface area contributed by atoms with Gasteiger partial charge in [-0.25, -0.2) is 4.98 Å². The molecule has 0 bridgehead atoms. The van der Waals surface area contributed by atoms with Crippen molar-refractivity contribution in [1.29, 1.82) is 0 Å². The summed E-state index contributed by atoms with van der Waals surface area (Å²) >= 11 is 3.30. The van der Waals surface area contributed by atoms with Crippen LogP contribution in [0, 0.1) is 5.41 Å². The van der Waals surface area contributed by atoms with Crippen LogP contribution in [0.1, 0.15) is 13.8 Å². The molecule has 8 heteroatoms. The molecular formula is C13H23BrCl2N4O. The Labute approximate surface area is 147 Å². The van der Waals surface area contributed by atoms with Gasteiger partial charge in [0.2, 0.25) is 5.91 Å². The molecule has 0 aromatic carbocycles. The van der Waals surface area contributed by atoms with Crippen molar-refractivity contribution in [2.75, 3.05) is 32.0 Å². The van der Waals surface area contributed by atoms with E-state index in [1.165, 1.54) is 0 Å². The highest BCUT2D eigenvalue weighted by Gasteiger charge is 2.19. The van der Waals surface area contributed by atoms with Gasteiger partial charge in [-0.3, -0.25) is 9.69 Å². The van der Waals surface area contributed by atoms with E-state index in [1.807, 2.05) is 18.0 Å². The van der Waals surface area contributed by atoms with E-state index < -0.39 is 0 Å². The molecule has 0 radical (unpaired) electrons. The molecule has 0 spiro atoms. The number of rotatable bonds is 6. The Bertz CT molecular complexity index is 429. The lowest BCUT2D eigenvalue weighted by molar-refractivity contribution is -0.117. The van der Waals surface area contributed by atoms with Crippen molar-refractivity contribution >= 4 is 52.5 Å². The summed E-state index contributed by atoms with van der Waals surface area (Å²) in [6.07, 6.45) is 1.65. The van der Waals surface area contributed by atoms with E-state index in [1.54, 1.807) is 12.3 Å². The van der Waals surface area contributed by atoms with Gasteiger partial charge >= 0.3 is 0 Å². The first-order valence-corrected chi connectivity index (χ1v) is 6.92. The molecule has 0 aliphatic heterocycles. The molecule has 1 aromatic heterocycles. The Balaban J connectivity index is 0. The third kappa shape index (κ3) is 9.26. The fourth-order valence-electron chi connectivity index (χ4n) is 1.73. The number of amides is 1. The molecule has 21 heavy (non-hydrogen) atoms. The van der Waals surface area contributed by atoms with E-state index in [0.29, 0.717) is 18.9 Å². The zero-order valence-electron chi connectivity index (χ0n) is 12.4. The molecule has 1 amide bonds. The molecule has 0 saturated carbocycles. The van der Waals surface area contributed by atoms with Crippen LogP contribution in [0.2, 0.25) is 0 Å². The first kappa shape index (κ1) is 22.9. The quantitative estimate of drug-likeness (QED) is 0.768. The number of likely N-dealkylation sites (N-methyl/N-ethyl adjacent to an activating group) is 1. The zero-order chi connectivity index (χ0) is 14.5. The minimum atomic E-state index is -0.0786. The summed E-state index contributed by atoms with van der Waals surface area (Å²) < 4.78 is 0.882. The predicted molar refractivity (Wildman–Crippen MR) is 95.4 cm³/mol. The molecule has 5 nitrogen and oxygen atoms in total. The van der Waals surface area contributed by atoms with E-state index in [4.69, 9.17) is 5.73 Å². The Morgan fingerprint density at radius 1 is 1.43 bits per heavy atom. The lowest BCUT2D eigenvalue weighted by Gasteiger charge is -2.28. The number of nitrogens with two attached hydrogens (primary N) is 1. The summed E-state index contributed by atoms with van der Waals surface area (Å²) in [4.78, 5) is 17.9. The summed E-state index contributed by atoms with van der Waals surface area (Å²) in [5.41, 5.74) is 5.69. The number of hydrogen-bond donors (Lipinski definition) is 2. The van der Waals surface area contributed by atoms with Crippen molar-refractivity contribution in [3.8, 4) is 0 Å². The highest BCUT2D eigenvalue weighted by atomic mass is 79.9. The number of halogens is 3. The number of hydrogen-bond acceptors (Lipinski definition) is 4. The molecule has 0 fully saturated rings. The van der Waals surface area contributed by atoms with Crippen LogP contribution in [0.15, 0.2) is 22.8 Å². The van der Waals surface area contributed by atoms with Crippen molar-refractivity contribution < 1.29 is 4.79 Å². The number of aromatic nitrogens is 1. The largest absolute Gasteiger partial charge is 0.330 e. The average Bonchev–Trinajstić information content (AvgIpc) is 2.31. The van der Waals surface area contributed by atoms with E-state index in [2.05, 4.69) is 40.1 Å². The van der Waals surface area contributed by atoms with Gasteiger partial charge in [-0.2, -0.15) is 0 Å². The number of pyridine rings is 1. The Morgan fingerprint density at radius 2 is 2.05 bits per heavy atom. The monoisotopic (exact) mass is 400 g/mol. The second kappa shape index (κ2) is 10.3. The minimum Gasteiger partial charge on any atom is -0.330 e. The highest BCUT2D eigenvalue weighted by molar-refractivity contribution is 9.10. The van der Waals surface area contributed by atoms with E-state index in [0.717, 1.165) is 11.0 Å². The summed E-state index contributed by atoms with van der Waals surface area (Å²) in [7, 11) is 1.91. The molecular weight excluding hydrogens is 379 g/mol. The summed E-state index contributed by atoms with van der Waals surface area (Å²) in [5, 5.41) is 2.76. The summed E-state index contributed by atoms with van der Waals surface area (Å²) in [6.45, 7) is 5.84. The molecule has 0 aliphatic carbocycles. The number of nitrogens with one attached hydrogen (secondary N) is 1. The van der Waals surface area contributed by atoms with E-state index in [9.17, 15) is 4.79 Å². The maximum absolute atomic E-state index is 11.8. The van der Waals surface area contributed by atoms with Crippen LogP contribution >= 0.6 is 40.7 Å². The number of nitrogens with zero attached hydrogens (tertiary/aromatic N) is 2. The first-order valence-electron chi connectivity index (χ1n) is 6.12. The van der Waals surface area contributed by atoms with Crippen LogP contribution in [0.25, 0.3) is 0 Å². The van der Waals surface area contributed by atoms with Crippen LogP contribution in [-0.4, -0.2) is 42.5 Å². The van der Waals surface area contributed by atoms with Crippen LogP contribution in [0.3, 0.4) is 0 Å². The SMILES string of the molecule is CN(CC(=O)Nc1ccc(Br)cn1)CC(C)(C)CN.Cl.Cl. The highest BCUT2D eigenvalue weighted by Crippen LogP contribution is 2.14. The molecule has 1 rings (SSSR count). The second-order valence-electron chi connectivity index (χ2n) is 5.45. The van der Waals surface area contributed by atoms with Crippen molar-refractivity contribution in [2.45, 2.75) is 13.8 Å². The number of carbonyl (C=O) groups excluding carboxylic acids is 1. The normalized spacial score (nSPS) is 10.6. The van der Waals surface area contributed by atoms with Gasteiger partial charge in [0.15, 0.2) is 0 Å². The number of carbonyl (C=O) groups is 1. The maximum Gasteiger partial charge on any atom is 0.239 e. The predicted octanol–water partition coefficient (Wildman–Crippen LogP) is 2.54. The standard InChI is InChI=1S/C13H21BrN4O.2ClH/c1-13(2,8-15)9-18(3)7-12(19)17-11-5-4-10(14)6-16-11;;/h4-6H,7-9,15H2,1-3H3,(H,16,17,19);2*1H. The van der Waals surface area contributed by atoms with Gasteiger partial charge < -0.3 is 11.1 Å². The molecule has 3 N–H and O–H groups in total. The average molecular weight is 402 g/mol. The zero-order valence-corrected chi connectivity index (χ0v) is 15.6. The van der Waals surface area contributed by atoms with Crippen LogP contribution < -0.4 is 11.1 Å². The molecule has 1 heterocycles. The van der Waals surface area contributed by atoms with Crippen molar-refractivity contribution in [3.05, 3.63) is 22.8 Å². The maximum atomic E-state index is 11.8. The van der Waals surface area contributed by atoms with Crippen molar-refractivity contribution in [1.82, 2.24) is 9.88 Å². The van der Waals surface area contributed by atoms with Gasteiger partial charge in [0, 0.05) is 17.2 Å². The van der Waals surface area contributed by atoms with Crippen LogP contribution in [0.5, 0.6) is 0 Å². The lowest BCUT2D eigenvalue weighted by Crippen LogP contribution is -2.40. The fraction of sp³-hybridized carbons (Fsp3) is 0.538. The number of anilines is 1. The molecule has 1 aromatic rings. The minimum absolute atomic E-state index is 0.